The number of ether oxygens (including phenoxy) is 2. The molecule has 1 saturated heterocycles. The molecule has 2 rings (SSSR count). The van der Waals surface area contributed by atoms with Gasteiger partial charge in [0.25, 0.3) is 5.91 Å². The predicted molar refractivity (Wildman–Crippen MR) is 109 cm³/mol. The number of hydrogen-bond acceptors (Lipinski definition) is 4. The molecule has 0 aliphatic carbocycles. The highest BCUT2D eigenvalue weighted by molar-refractivity contribution is 5.81. The third-order valence-corrected chi connectivity index (χ3v) is 4.98. The number of benzene rings is 1. The summed E-state index contributed by atoms with van der Waals surface area (Å²) in [6.45, 7) is 8.43. The van der Waals surface area contributed by atoms with Crippen LogP contribution in [0.4, 0.5) is 0 Å². The highest BCUT2D eigenvalue weighted by atomic mass is 16.5. The van der Waals surface area contributed by atoms with Gasteiger partial charge in [-0.15, -0.1) is 6.58 Å². The number of aryl methyl sites for hydroxylation is 1. The zero-order valence-corrected chi connectivity index (χ0v) is 17.1. The molecule has 1 atom stereocenters. The molecular weight excluding hydrogens is 356 g/mol. The fourth-order valence-corrected chi connectivity index (χ4v) is 3.25. The van der Waals surface area contributed by atoms with Crippen LogP contribution >= 0.6 is 0 Å². The van der Waals surface area contributed by atoms with Gasteiger partial charge in [-0.05, 0) is 43.9 Å². The van der Waals surface area contributed by atoms with Gasteiger partial charge >= 0.3 is 0 Å². The van der Waals surface area contributed by atoms with Crippen molar-refractivity contribution in [1.29, 1.82) is 0 Å². The van der Waals surface area contributed by atoms with Crippen molar-refractivity contribution in [2.24, 2.45) is 0 Å². The standard InChI is InChI=1S/C22H32N2O4/c1-4-5-17-28-18(2)22(26)24-14-6-13-23(15-16-24)21(25)12-9-19-7-10-20(27-3)11-8-19/h4,7-8,10-11,18H,1,5-6,9,12-17H2,2-3H3/t18-/m0/s1. The second-order valence-electron chi connectivity index (χ2n) is 7.00. The molecule has 6 heteroatoms. The molecule has 0 aromatic heterocycles. The lowest BCUT2D eigenvalue weighted by molar-refractivity contribution is -0.142. The summed E-state index contributed by atoms with van der Waals surface area (Å²) in [5.41, 5.74) is 1.12. The predicted octanol–water partition coefficient (Wildman–Crippen LogP) is 2.67. The summed E-state index contributed by atoms with van der Waals surface area (Å²) >= 11 is 0. The van der Waals surface area contributed by atoms with Gasteiger partial charge in [0.05, 0.1) is 13.7 Å². The van der Waals surface area contributed by atoms with E-state index in [1.807, 2.05) is 34.1 Å². The number of carbonyl (C=O) groups is 2. The minimum absolute atomic E-state index is 0.00315. The Labute approximate surface area is 168 Å². The Balaban J connectivity index is 1.78. The number of nitrogens with zero attached hydrogens (tertiary/aromatic N) is 2. The number of amides is 2. The number of methoxy groups -OCH3 is 1. The van der Waals surface area contributed by atoms with Crippen LogP contribution in [0.1, 0.15) is 31.7 Å². The first-order valence-corrected chi connectivity index (χ1v) is 9.97. The molecule has 0 N–H and O–H groups in total. The molecule has 2 amide bonds. The Hall–Kier alpha value is -2.34. The van der Waals surface area contributed by atoms with Gasteiger partial charge < -0.3 is 19.3 Å². The highest BCUT2D eigenvalue weighted by Crippen LogP contribution is 2.14. The molecule has 154 valence electrons. The Morgan fingerprint density at radius 2 is 1.82 bits per heavy atom. The molecule has 1 fully saturated rings. The van der Waals surface area contributed by atoms with Gasteiger partial charge in [0.2, 0.25) is 5.91 Å². The molecular formula is C22H32N2O4. The number of carbonyl (C=O) groups excluding carboxylic acids is 2. The Morgan fingerprint density at radius 1 is 1.14 bits per heavy atom. The Bertz CT molecular complexity index is 644. The summed E-state index contributed by atoms with van der Waals surface area (Å²) < 4.78 is 10.7. The second kappa shape index (κ2) is 11.5. The van der Waals surface area contributed by atoms with Crippen LogP contribution in [0.5, 0.6) is 5.75 Å². The fourth-order valence-electron chi connectivity index (χ4n) is 3.25. The highest BCUT2D eigenvalue weighted by Gasteiger charge is 2.25. The summed E-state index contributed by atoms with van der Waals surface area (Å²) in [4.78, 5) is 28.8. The largest absolute Gasteiger partial charge is 0.497 e. The molecule has 1 heterocycles. The number of hydrogen-bond donors (Lipinski definition) is 0. The van der Waals surface area contributed by atoms with E-state index < -0.39 is 6.10 Å². The summed E-state index contributed by atoms with van der Waals surface area (Å²) in [6, 6.07) is 7.80. The van der Waals surface area contributed by atoms with Crippen molar-refractivity contribution >= 4 is 11.8 Å². The van der Waals surface area contributed by atoms with Crippen LogP contribution in [0, 0.1) is 0 Å². The molecule has 1 aliphatic rings. The molecule has 6 nitrogen and oxygen atoms in total. The van der Waals surface area contributed by atoms with Crippen LogP contribution in [-0.2, 0) is 20.7 Å². The van der Waals surface area contributed by atoms with Crippen LogP contribution in [0.15, 0.2) is 36.9 Å². The minimum atomic E-state index is -0.461. The maximum atomic E-state index is 12.6. The SMILES string of the molecule is C=CCCO[C@@H](C)C(=O)N1CCCN(C(=O)CCc2ccc(OC)cc2)CC1. The van der Waals surface area contributed by atoms with Gasteiger partial charge in [-0.25, -0.2) is 0 Å². The first kappa shape index (κ1) is 22.0. The van der Waals surface area contributed by atoms with Crippen molar-refractivity contribution in [3.05, 3.63) is 42.5 Å². The van der Waals surface area contributed by atoms with Crippen LogP contribution in [0.3, 0.4) is 0 Å². The first-order valence-electron chi connectivity index (χ1n) is 9.97. The lowest BCUT2D eigenvalue weighted by Gasteiger charge is -2.25. The second-order valence-corrected chi connectivity index (χ2v) is 7.00. The van der Waals surface area contributed by atoms with E-state index in [1.54, 1.807) is 20.1 Å². The topological polar surface area (TPSA) is 59.1 Å². The molecule has 0 spiro atoms. The molecule has 28 heavy (non-hydrogen) atoms. The van der Waals surface area contributed by atoms with Gasteiger partial charge in [0, 0.05) is 32.6 Å². The fraction of sp³-hybridized carbons (Fsp3) is 0.545. The first-order chi connectivity index (χ1) is 13.5. The summed E-state index contributed by atoms with van der Waals surface area (Å²) in [7, 11) is 1.64. The van der Waals surface area contributed by atoms with Crippen molar-refractivity contribution in [3.63, 3.8) is 0 Å². The zero-order chi connectivity index (χ0) is 20.4. The maximum Gasteiger partial charge on any atom is 0.251 e. The van der Waals surface area contributed by atoms with Gasteiger partial charge in [-0.1, -0.05) is 18.2 Å². The van der Waals surface area contributed by atoms with E-state index >= 15 is 0 Å². The van der Waals surface area contributed by atoms with Crippen molar-refractivity contribution < 1.29 is 19.1 Å². The van der Waals surface area contributed by atoms with E-state index in [2.05, 4.69) is 6.58 Å². The lowest BCUT2D eigenvalue weighted by Crippen LogP contribution is -2.42. The number of rotatable bonds is 9. The molecule has 0 unspecified atom stereocenters. The summed E-state index contributed by atoms with van der Waals surface area (Å²) in [5, 5.41) is 0. The average Bonchev–Trinajstić information content (AvgIpc) is 2.98. The maximum absolute atomic E-state index is 12.6. The smallest absolute Gasteiger partial charge is 0.251 e. The third kappa shape index (κ3) is 6.68. The summed E-state index contributed by atoms with van der Waals surface area (Å²) in [5.74, 6) is 0.951. The molecule has 0 bridgehead atoms. The minimum Gasteiger partial charge on any atom is -0.497 e. The van der Waals surface area contributed by atoms with Crippen LogP contribution in [-0.4, -0.2) is 67.6 Å². The van der Waals surface area contributed by atoms with Gasteiger partial charge in [-0.2, -0.15) is 0 Å². The van der Waals surface area contributed by atoms with E-state index in [0.29, 0.717) is 45.6 Å². The van der Waals surface area contributed by atoms with Crippen molar-refractivity contribution in [2.45, 2.75) is 38.7 Å². The third-order valence-electron chi connectivity index (χ3n) is 4.98. The van der Waals surface area contributed by atoms with E-state index in [0.717, 1.165) is 24.2 Å². The molecule has 1 aromatic carbocycles. The molecule has 0 saturated carbocycles. The van der Waals surface area contributed by atoms with Crippen molar-refractivity contribution in [1.82, 2.24) is 9.80 Å². The van der Waals surface area contributed by atoms with Gasteiger partial charge in [0.15, 0.2) is 0 Å². The van der Waals surface area contributed by atoms with Crippen LogP contribution in [0.25, 0.3) is 0 Å². The van der Waals surface area contributed by atoms with Gasteiger partial charge in [-0.3, -0.25) is 9.59 Å². The van der Waals surface area contributed by atoms with E-state index in [4.69, 9.17) is 9.47 Å². The average molecular weight is 389 g/mol. The normalized spacial score (nSPS) is 15.6. The van der Waals surface area contributed by atoms with Crippen molar-refractivity contribution in [2.75, 3.05) is 39.9 Å². The van der Waals surface area contributed by atoms with E-state index in [-0.39, 0.29) is 11.8 Å². The van der Waals surface area contributed by atoms with Crippen LogP contribution in [0.2, 0.25) is 0 Å². The Morgan fingerprint density at radius 3 is 2.50 bits per heavy atom. The van der Waals surface area contributed by atoms with Crippen LogP contribution < -0.4 is 4.74 Å². The monoisotopic (exact) mass is 388 g/mol. The molecule has 1 aromatic rings. The summed E-state index contributed by atoms with van der Waals surface area (Å²) in [6.07, 6.45) is 4.01. The quantitative estimate of drug-likeness (QED) is 0.482. The van der Waals surface area contributed by atoms with E-state index in [9.17, 15) is 9.59 Å². The Kier molecular flexibility index (Phi) is 9.01. The molecule has 0 radical (unpaired) electrons. The zero-order valence-electron chi connectivity index (χ0n) is 17.1. The molecule has 1 aliphatic heterocycles. The van der Waals surface area contributed by atoms with Crippen molar-refractivity contribution in [3.8, 4) is 5.75 Å². The lowest BCUT2D eigenvalue weighted by atomic mass is 10.1. The van der Waals surface area contributed by atoms with Gasteiger partial charge in [0.1, 0.15) is 11.9 Å². The van der Waals surface area contributed by atoms with E-state index in [1.165, 1.54) is 0 Å².